The Hall–Kier alpha value is -3.41. The second-order valence-electron chi connectivity index (χ2n) is 17.8. The zero-order chi connectivity index (χ0) is 47.2. The smallest absolute Gasteiger partial charge is 0.306 e. The van der Waals surface area contributed by atoms with Gasteiger partial charge in [-0.2, -0.15) is 0 Å². The van der Waals surface area contributed by atoms with Crippen LogP contribution in [-0.2, 0) is 28.6 Å². The van der Waals surface area contributed by atoms with E-state index in [9.17, 15) is 14.4 Å². The number of carbonyl (C=O) groups is 3. The van der Waals surface area contributed by atoms with Crippen LogP contribution in [0.2, 0.25) is 0 Å². The highest BCUT2D eigenvalue weighted by Gasteiger charge is 2.19. The van der Waals surface area contributed by atoms with Crippen molar-refractivity contribution in [3.63, 3.8) is 0 Å². The van der Waals surface area contributed by atoms with E-state index in [4.69, 9.17) is 14.2 Å². The van der Waals surface area contributed by atoms with Gasteiger partial charge >= 0.3 is 17.9 Å². The lowest BCUT2D eigenvalue weighted by atomic mass is 10.0. The third-order valence-electron chi connectivity index (χ3n) is 11.4. The Balaban J connectivity index is 4.49. The molecule has 0 aliphatic heterocycles. The van der Waals surface area contributed by atoms with Gasteiger partial charge in [0.1, 0.15) is 13.2 Å². The van der Waals surface area contributed by atoms with Crippen LogP contribution in [0.3, 0.4) is 0 Å². The average molecular weight is 905 g/mol. The van der Waals surface area contributed by atoms with E-state index in [1.807, 2.05) is 6.08 Å². The number of hydrogen-bond donors (Lipinski definition) is 0. The van der Waals surface area contributed by atoms with Crippen LogP contribution in [0.15, 0.2) is 85.1 Å². The fourth-order valence-electron chi connectivity index (χ4n) is 7.35. The predicted molar refractivity (Wildman–Crippen MR) is 279 cm³/mol. The molecule has 0 aromatic heterocycles. The maximum atomic E-state index is 12.8. The standard InChI is InChI=1S/C59H100O6/c1-4-7-10-13-16-19-22-25-27-28-29-30-32-34-37-40-43-46-49-52-58(61)64-55-56(54-63-57(60)51-48-45-42-39-36-33-24-21-18-15-12-9-6-3)65-59(62)53-50-47-44-41-38-35-31-26-23-20-17-14-11-8-5-2/h7,10,16,19-20,23,25,27,29-30,34,37,43,46,56H,4-6,8-9,11-15,17-18,21-22,24,26,28,31-33,35-36,38-42,44-45,47-55H2,1-3H3/b10-7+,19-16+,23-20+,27-25+,30-29+,37-34+,46-43+/t56-/m1/s1. The molecule has 0 spiro atoms. The Labute approximate surface area is 401 Å². The monoisotopic (exact) mass is 905 g/mol. The molecule has 0 aliphatic carbocycles. The van der Waals surface area contributed by atoms with E-state index in [0.717, 1.165) is 77.0 Å². The Kier molecular flexibility index (Phi) is 50.4. The van der Waals surface area contributed by atoms with Crippen LogP contribution < -0.4 is 0 Å². The first kappa shape index (κ1) is 61.6. The van der Waals surface area contributed by atoms with Crippen LogP contribution in [0.4, 0.5) is 0 Å². The predicted octanol–water partition coefficient (Wildman–Crippen LogP) is 18.0. The molecular formula is C59H100O6. The first-order valence-corrected chi connectivity index (χ1v) is 27.1. The van der Waals surface area contributed by atoms with Crippen LogP contribution in [0.25, 0.3) is 0 Å². The SMILES string of the molecule is CC/C=C/C/C=C/C/C=C/C/C=C/C/C=C/C/C=C/CCC(=O)OC[C@@H](COC(=O)CCCCCCCCCCCCCCC)OC(=O)CCCCCCCCC/C=C/CCCCCC. The molecule has 0 unspecified atom stereocenters. The van der Waals surface area contributed by atoms with Crippen LogP contribution in [0, 0.1) is 0 Å². The summed E-state index contributed by atoms with van der Waals surface area (Å²) in [5.41, 5.74) is 0. The summed E-state index contributed by atoms with van der Waals surface area (Å²) in [5.74, 6) is -0.989. The number of rotatable bonds is 48. The summed E-state index contributed by atoms with van der Waals surface area (Å²) in [4.78, 5) is 38.0. The molecule has 0 radical (unpaired) electrons. The van der Waals surface area contributed by atoms with E-state index in [2.05, 4.69) is 99.8 Å². The molecule has 0 rings (SSSR count). The minimum atomic E-state index is -0.807. The quantitative estimate of drug-likeness (QED) is 0.0262. The largest absolute Gasteiger partial charge is 0.462 e. The van der Waals surface area contributed by atoms with Gasteiger partial charge in [-0.15, -0.1) is 0 Å². The van der Waals surface area contributed by atoms with Crippen LogP contribution >= 0.6 is 0 Å². The van der Waals surface area contributed by atoms with E-state index in [-0.39, 0.29) is 37.5 Å². The molecule has 0 heterocycles. The molecule has 0 saturated heterocycles. The summed E-state index contributed by atoms with van der Waals surface area (Å²) < 4.78 is 16.8. The molecule has 372 valence electrons. The fraction of sp³-hybridized carbons (Fsp3) is 0.712. The Morgan fingerprint density at radius 1 is 0.323 bits per heavy atom. The van der Waals surface area contributed by atoms with E-state index in [1.165, 1.54) is 128 Å². The molecule has 65 heavy (non-hydrogen) atoms. The van der Waals surface area contributed by atoms with Crippen molar-refractivity contribution in [3.8, 4) is 0 Å². The van der Waals surface area contributed by atoms with Crippen LogP contribution in [-0.4, -0.2) is 37.2 Å². The fourth-order valence-corrected chi connectivity index (χ4v) is 7.35. The van der Waals surface area contributed by atoms with Gasteiger partial charge in [-0.05, 0) is 83.5 Å². The molecule has 0 aliphatic rings. The van der Waals surface area contributed by atoms with Crippen molar-refractivity contribution in [3.05, 3.63) is 85.1 Å². The van der Waals surface area contributed by atoms with Gasteiger partial charge in [0.15, 0.2) is 6.10 Å². The molecule has 0 N–H and O–H groups in total. The highest BCUT2D eigenvalue weighted by molar-refractivity contribution is 5.71. The molecule has 0 amide bonds. The van der Waals surface area contributed by atoms with Crippen LogP contribution in [0.1, 0.15) is 252 Å². The number of ether oxygens (including phenoxy) is 3. The third-order valence-corrected chi connectivity index (χ3v) is 11.4. The van der Waals surface area contributed by atoms with Gasteiger partial charge in [0.05, 0.1) is 0 Å². The van der Waals surface area contributed by atoms with Gasteiger partial charge in [0.2, 0.25) is 0 Å². The second kappa shape index (κ2) is 53.2. The number of hydrogen-bond acceptors (Lipinski definition) is 6. The summed E-state index contributed by atoms with van der Waals surface area (Å²) in [5, 5.41) is 0. The molecule has 6 heteroatoms. The second-order valence-corrected chi connectivity index (χ2v) is 17.8. The lowest BCUT2D eigenvalue weighted by Crippen LogP contribution is -2.30. The maximum Gasteiger partial charge on any atom is 0.306 e. The van der Waals surface area contributed by atoms with Crippen molar-refractivity contribution in [1.29, 1.82) is 0 Å². The lowest BCUT2D eigenvalue weighted by molar-refractivity contribution is -0.166. The molecule has 0 aromatic rings. The summed E-state index contributed by atoms with van der Waals surface area (Å²) >= 11 is 0. The van der Waals surface area contributed by atoms with Crippen molar-refractivity contribution in [2.24, 2.45) is 0 Å². The average Bonchev–Trinajstić information content (AvgIpc) is 3.30. The van der Waals surface area contributed by atoms with Gasteiger partial charge in [0.25, 0.3) is 0 Å². The van der Waals surface area contributed by atoms with Gasteiger partial charge < -0.3 is 14.2 Å². The molecular weight excluding hydrogens is 805 g/mol. The van der Waals surface area contributed by atoms with E-state index < -0.39 is 6.10 Å². The Morgan fingerprint density at radius 2 is 0.631 bits per heavy atom. The summed E-state index contributed by atoms with van der Waals surface area (Å²) in [6, 6.07) is 0. The Morgan fingerprint density at radius 3 is 1.05 bits per heavy atom. The van der Waals surface area contributed by atoms with Crippen molar-refractivity contribution < 1.29 is 28.6 Å². The first-order chi connectivity index (χ1) is 32.0. The highest BCUT2D eigenvalue weighted by atomic mass is 16.6. The molecule has 6 nitrogen and oxygen atoms in total. The van der Waals surface area contributed by atoms with Gasteiger partial charge in [-0.3, -0.25) is 14.4 Å². The van der Waals surface area contributed by atoms with Crippen LogP contribution in [0.5, 0.6) is 0 Å². The molecule has 0 aromatic carbocycles. The number of carbonyl (C=O) groups excluding carboxylic acids is 3. The molecule has 1 atom stereocenters. The minimum absolute atomic E-state index is 0.0997. The summed E-state index contributed by atoms with van der Waals surface area (Å²) in [6.07, 6.45) is 68.6. The topological polar surface area (TPSA) is 78.9 Å². The van der Waals surface area contributed by atoms with E-state index in [1.54, 1.807) is 0 Å². The van der Waals surface area contributed by atoms with Crippen molar-refractivity contribution in [2.75, 3.05) is 13.2 Å². The number of unbranched alkanes of at least 4 members (excludes halogenated alkanes) is 23. The normalized spacial score (nSPS) is 12.7. The lowest BCUT2D eigenvalue weighted by Gasteiger charge is -2.18. The number of esters is 3. The van der Waals surface area contributed by atoms with Crippen molar-refractivity contribution >= 4 is 17.9 Å². The molecule has 0 saturated carbocycles. The highest BCUT2D eigenvalue weighted by Crippen LogP contribution is 2.15. The third kappa shape index (κ3) is 51.4. The molecule has 0 bridgehead atoms. The van der Waals surface area contributed by atoms with Gasteiger partial charge in [0, 0.05) is 19.3 Å². The zero-order valence-electron chi connectivity index (χ0n) is 42.5. The minimum Gasteiger partial charge on any atom is -0.462 e. The zero-order valence-corrected chi connectivity index (χ0v) is 42.5. The Bertz CT molecular complexity index is 1270. The number of allylic oxidation sites excluding steroid dienone is 14. The first-order valence-electron chi connectivity index (χ1n) is 27.1. The van der Waals surface area contributed by atoms with Crippen molar-refractivity contribution in [2.45, 2.75) is 258 Å². The summed E-state index contributed by atoms with van der Waals surface area (Å²) in [6.45, 7) is 6.45. The van der Waals surface area contributed by atoms with Gasteiger partial charge in [-0.25, -0.2) is 0 Å². The van der Waals surface area contributed by atoms with E-state index in [0.29, 0.717) is 19.3 Å². The van der Waals surface area contributed by atoms with Crippen molar-refractivity contribution in [1.82, 2.24) is 0 Å². The molecule has 0 fully saturated rings. The van der Waals surface area contributed by atoms with E-state index >= 15 is 0 Å². The summed E-state index contributed by atoms with van der Waals surface area (Å²) in [7, 11) is 0. The maximum absolute atomic E-state index is 12.8. The van der Waals surface area contributed by atoms with Gasteiger partial charge in [-0.1, -0.05) is 234 Å².